The Labute approximate surface area is 178 Å². The number of nitriles is 1. The van der Waals surface area contributed by atoms with E-state index in [-0.39, 0.29) is 6.61 Å². The van der Waals surface area contributed by atoms with Crippen LogP contribution in [0.3, 0.4) is 0 Å². The summed E-state index contributed by atoms with van der Waals surface area (Å²) in [5, 5.41) is 14.3. The molecule has 0 bridgehead atoms. The average Bonchev–Trinajstić information content (AvgIpc) is 3.04. The number of hydrogen-bond donors (Lipinski definition) is 1. The smallest absolute Gasteiger partial charge is 0.430 e. The van der Waals surface area contributed by atoms with Crippen LogP contribution in [0.15, 0.2) is 18.5 Å². The monoisotopic (exact) mass is 429 g/mol. The van der Waals surface area contributed by atoms with Crippen LogP contribution >= 0.6 is 0 Å². The highest BCUT2D eigenvalue weighted by atomic mass is 16.8. The molecule has 2 aromatic rings. The summed E-state index contributed by atoms with van der Waals surface area (Å²) in [7, 11) is 0. The number of anilines is 1. The largest absolute Gasteiger partial charge is 0.508 e. The van der Waals surface area contributed by atoms with E-state index < -0.39 is 41.5 Å². The van der Waals surface area contributed by atoms with E-state index in [1.165, 1.54) is 6.33 Å². The molecule has 2 aromatic heterocycles. The third-order valence-corrected chi connectivity index (χ3v) is 5.90. The summed E-state index contributed by atoms with van der Waals surface area (Å²) in [5.74, 6) is -0.645. The SMILES string of the molecule is CC1(OC(=O)OC[C@@]2(C#N)O[C@@H](c3ccc4c(N)ncnn34)C3OC(C)(C)OC32)CC1. The minimum atomic E-state index is -1.59. The highest BCUT2D eigenvalue weighted by molar-refractivity contribution is 5.65. The van der Waals surface area contributed by atoms with E-state index >= 15 is 0 Å². The second kappa shape index (κ2) is 6.53. The van der Waals surface area contributed by atoms with Gasteiger partial charge in [0.25, 0.3) is 0 Å². The number of nitrogen functional groups attached to an aromatic ring is 1. The maximum absolute atomic E-state index is 12.1. The second-order valence-corrected chi connectivity index (χ2v) is 8.85. The lowest BCUT2D eigenvalue weighted by Gasteiger charge is -2.28. The van der Waals surface area contributed by atoms with Gasteiger partial charge in [0, 0.05) is 0 Å². The van der Waals surface area contributed by atoms with Crippen LogP contribution in [0.4, 0.5) is 10.6 Å². The van der Waals surface area contributed by atoms with Crippen LogP contribution in [-0.4, -0.2) is 56.6 Å². The van der Waals surface area contributed by atoms with Gasteiger partial charge in [0.1, 0.15) is 48.4 Å². The standard InChI is InChI=1S/C20H23N5O6/c1-18(2)28-14-13(11-4-5-12-16(22)23-10-24-25(11)12)29-20(8-21,15(14)30-18)9-27-17(26)31-19(3)6-7-19/h4-5,10,13-15H,6-7,9H2,1-3H3,(H2,22,23,24)/t13-,14?,15?,20+/m0/s1. The van der Waals surface area contributed by atoms with Crippen LogP contribution < -0.4 is 5.73 Å². The number of rotatable bonds is 4. The van der Waals surface area contributed by atoms with Crippen molar-refractivity contribution in [1.29, 1.82) is 5.26 Å². The number of ether oxygens (including phenoxy) is 5. The van der Waals surface area contributed by atoms with Gasteiger partial charge in [-0.25, -0.2) is 14.3 Å². The van der Waals surface area contributed by atoms with Crippen LogP contribution in [0.25, 0.3) is 5.52 Å². The van der Waals surface area contributed by atoms with Gasteiger partial charge in [-0.05, 0) is 45.7 Å². The lowest BCUT2D eigenvalue weighted by Crippen LogP contribution is -2.46. The van der Waals surface area contributed by atoms with E-state index in [0.717, 1.165) is 12.8 Å². The topological polar surface area (TPSA) is 143 Å². The van der Waals surface area contributed by atoms with Crippen molar-refractivity contribution in [2.24, 2.45) is 0 Å². The number of hydrogen-bond acceptors (Lipinski definition) is 10. The first-order chi connectivity index (χ1) is 14.7. The second-order valence-electron chi connectivity index (χ2n) is 8.85. The predicted octanol–water partition coefficient (Wildman–Crippen LogP) is 1.87. The molecule has 2 N–H and O–H groups in total. The molecule has 31 heavy (non-hydrogen) atoms. The molecule has 2 unspecified atom stereocenters. The van der Waals surface area contributed by atoms with Crippen molar-refractivity contribution in [3.63, 3.8) is 0 Å². The van der Waals surface area contributed by atoms with Gasteiger partial charge in [0.2, 0.25) is 5.60 Å². The summed E-state index contributed by atoms with van der Waals surface area (Å²) >= 11 is 0. The van der Waals surface area contributed by atoms with Gasteiger partial charge in [-0.2, -0.15) is 10.4 Å². The zero-order valence-corrected chi connectivity index (χ0v) is 17.4. The van der Waals surface area contributed by atoms with Gasteiger partial charge in [-0.1, -0.05) is 0 Å². The van der Waals surface area contributed by atoms with Crippen molar-refractivity contribution in [3.8, 4) is 6.07 Å². The first-order valence-electron chi connectivity index (χ1n) is 10.0. The van der Waals surface area contributed by atoms with Crippen LogP contribution in [0.2, 0.25) is 0 Å². The summed E-state index contributed by atoms with van der Waals surface area (Å²) in [6.07, 6.45) is -0.0910. The molecule has 5 rings (SSSR count). The fourth-order valence-corrected chi connectivity index (χ4v) is 4.06. The third-order valence-electron chi connectivity index (χ3n) is 5.90. The molecule has 0 spiro atoms. The zero-order chi connectivity index (χ0) is 22.0. The zero-order valence-electron chi connectivity index (χ0n) is 17.4. The summed E-state index contributed by atoms with van der Waals surface area (Å²) in [6.45, 7) is 4.97. The normalized spacial score (nSPS) is 32.4. The summed E-state index contributed by atoms with van der Waals surface area (Å²) in [6, 6.07) is 5.69. The number of fused-ring (bicyclic) bond motifs is 2. The number of nitrogens with zero attached hydrogens (tertiary/aromatic N) is 4. The molecular formula is C20H23N5O6. The summed E-state index contributed by atoms with van der Waals surface area (Å²) in [5.41, 5.74) is 5.08. The molecule has 164 valence electrons. The van der Waals surface area contributed by atoms with Crippen molar-refractivity contribution >= 4 is 17.5 Å². The number of carbonyl (C=O) groups excluding carboxylic acids is 1. The Bertz CT molecular complexity index is 1090. The van der Waals surface area contributed by atoms with E-state index in [1.807, 2.05) is 6.92 Å². The average molecular weight is 429 g/mol. The van der Waals surface area contributed by atoms with Crippen molar-refractivity contribution in [2.75, 3.05) is 12.3 Å². The fraction of sp³-hybridized carbons (Fsp3) is 0.600. The molecule has 2 aliphatic heterocycles. The fourth-order valence-electron chi connectivity index (χ4n) is 4.06. The molecule has 3 fully saturated rings. The highest BCUT2D eigenvalue weighted by Gasteiger charge is 2.65. The Kier molecular flexibility index (Phi) is 4.21. The number of aromatic nitrogens is 3. The van der Waals surface area contributed by atoms with Crippen LogP contribution in [0, 0.1) is 11.3 Å². The lowest BCUT2D eigenvalue weighted by molar-refractivity contribution is -0.206. The Morgan fingerprint density at radius 1 is 1.32 bits per heavy atom. The first-order valence-corrected chi connectivity index (χ1v) is 10.0. The Morgan fingerprint density at radius 2 is 2.10 bits per heavy atom. The van der Waals surface area contributed by atoms with Gasteiger partial charge in [-0.3, -0.25) is 0 Å². The summed E-state index contributed by atoms with van der Waals surface area (Å²) in [4.78, 5) is 16.1. The van der Waals surface area contributed by atoms with E-state index in [9.17, 15) is 10.1 Å². The van der Waals surface area contributed by atoms with E-state index in [4.69, 9.17) is 29.4 Å². The maximum Gasteiger partial charge on any atom is 0.508 e. The minimum absolute atomic E-state index is 0.311. The van der Waals surface area contributed by atoms with Gasteiger partial charge in [0.15, 0.2) is 11.6 Å². The molecule has 4 atom stereocenters. The molecule has 3 aliphatic rings. The van der Waals surface area contributed by atoms with E-state index in [2.05, 4.69) is 16.2 Å². The van der Waals surface area contributed by atoms with E-state index in [1.54, 1.807) is 30.5 Å². The lowest BCUT2D eigenvalue weighted by atomic mass is 9.96. The maximum atomic E-state index is 12.1. The molecule has 0 amide bonds. The molecule has 11 nitrogen and oxygen atoms in total. The van der Waals surface area contributed by atoms with Gasteiger partial charge < -0.3 is 29.4 Å². The number of carbonyl (C=O) groups is 1. The number of nitrogens with two attached hydrogens (primary N) is 1. The molecule has 0 radical (unpaired) electrons. The highest BCUT2D eigenvalue weighted by Crippen LogP contribution is 2.50. The first kappa shape index (κ1) is 20.0. The Hall–Kier alpha value is -2.94. The van der Waals surface area contributed by atoms with Crippen molar-refractivity contribution < 1.29 is 28.5 Å². The van der Waals surface area contributed by atoms with Crippen molar-refractivity contribution in [1.82, 2.24) is 14.6 Å². The predicted molar refractivity (Wildman–Crippen MR) is 103 cm³/mol. The van der Waals surface area contributed by atoms with E-state index in [0.29, 0.717) is 17.0 Å². The Morgan fingerprint density at radius 3 is 2.81 bits per heavy atom. The van der Waals surface area contributed by atoms with Crippen LogP contribution in [0.5, 0.6) is 0 Å². The van der Waals surface area contributed by atoms with Gasteiger partial charge in [0.05, 0.1) is 5.69 Å². The molecule has 4 heterocycles. The molecular weight excluding hydrogens is 406 g/mol. The van der Waals surface area contributed by atoms with Gasteiger partial charge in [-0.15, -0.1) is 0 Å². The Balaban J connectivity index is 1.46. The summed E-state index contributed by atoms with van der Waals surface area (Å²) < 4.78 is 30.5. The van der Waals surface area contributed by atoms with Crippen molar-refractivity contribution in [2.45, 2.75) is 68.9 Å². The third kappa shape index (κ3) is 3.27. The van der Waals surface area contributed by atoms with Gasteiger partial charge >= 0.3 is 6.16 Å². The molecule has 1 aliphatic carbocycles. The minimum Gasteiger partial charge on any atom is -0.430 e. The molecule has 11 heteroatoms. The van der Waals surface area contributed by atoms with Crippen LogP contribution in [0.1, 0.15) is 45.4 Å². The van der Waals surface area contributed by atoms with Crippen molar-refractivity contribution in [3.05, 3.63) is 24.2 Å². The quantitative estimate of drug-likeness (QED) is 0.715. The van der Waals surface area contributed by atoms with Crippen LogP contribution in [-0.2, 0) is 23.7 Å². The molecule has 2 saturated heterocycles. The molecule has 0 aromatic carbocycles. The molecule has 1 saturated carbocycles.